The first-order chi connectivity index (χ1) is 15.1. The normalized spacial score (nSPS) is 12.0. The third-order valence-electron chi connectivity index (χ3n) is 4.50. The summed E-state index contributed by atoms with van der Waals surface area (Å²) in [7, 11) is 2.53. The van der Waals surface area contributed by atoms with Crippen LogP contribution in [0.5, 0.6) is 23.0 Å². The molecule has 2 amide bonds. The number of benzene rings is 2. The van der Waals surface area contributed by atoms with Crippen molar-refractivity contribution >= 4 is 18.0 Å². The van der Waals surface area contributed by atoms with Crippen LogP contribution < -0.4 is 33.5 Å². The average molecular weight is 483 g/mol. The van der Waals surface area contributed by atoms with Crippen molar-refractivity contribution in [3.05, 3.63) is 47.5 Å². The number of esters is 1. The second-order valence-corrected chi connectivity index (χ2v) is 6.86. The summed E-state index contributed by atoms with van der Waals surface area (Å²) in [6.07, 6.45) is -0.748. The molecule has 0 aliphatic heterocycles. The Morgan fingerprint density at radius 3 is 2.15 bits per heavy atom. The molecular weight excluding hydrogens is 458 g/mol. The Kier molecular flexibility index (Phi) is 10.2. The van der Waals surface area contributed by atoms with Crippen molar-refractivity contribution in [1.29, 1.82) is 0 Å². The van der Waals surface area contributed by atoms with E-state index in [1.54, 1.807) is 0 Å². The van der Waals surface area contributed by atoms with Crippen molar-refractivity contribution in [3.8, 4) is 23.0 Å². The minimum atomic E-state index is -1.10. The zero-order valence-electron chi connectivity index (χ0n) is 17.9. The van der Waals surface area contributed by atoms with Crippen LogP contribution in [0.4, 0.5) is 4.79 Å². The standard InChI is InChI=1S/C21H25N3O8.ClH/c1-23-21(30)32-18-6-4-12(10-17(18)27)8-14(20(29)31-2)24-19(28)13(22)7-11-3-5-15(25)16(26)9-11;/h3-6,9-10,13-14,25-27H,7-8,22H2,1-2H3,(H,23,30)(H,24,28);1H/p-1/t13-,14+;/m1./s1. The Hall–Kier alpha value is -3.70. The number of phenols is 3. The third kappa shape index (κ3) is 7.74. The first-order valence-corrected chi connectivity index (χ1v) is 9.50. The molecule has 0 aliphatic carbocycles. The number of nitrogens with two attached hydrogens (primary N) is 1. The molecule has 0 unspecified atom stereocenters. The number of hydrogen-bond donors (Lipinski definition) is 6. The van der Waals surface area contributed by atoms with Gasteiger partial charge in [-0.25, -0.2) is 9.59 Å². The van der Waals surface area contributed by atoms with Crippen LogP contribution in [0, 0.1) is 0 Å². The lowest BCUT2D eigenvalue weighted by Gasteiger charge is -2.20. The van der Waals surface area contributed by atoms with Crippen molar-refractivity contribution in [2.24, 2.45) is 5.73 Å². The molecule has 0 fully saturated rings. The highest BCUT2D eigenvalue weighted by Gasteiger charge is 2.25. The molecule has 0 radical (unpaired) electrons. The molecule has 180 valence electrons. The van der Waals surface area contributed by atoms with Gasteiger partial charge in [0.25, 0.3) is 0 Å². The number of hydrogen-bond acceptors (Lipinski definition) is 9. The van der Waals surface area contributed by atoms with E-state index in [0.29, 0.717) is 11.1 Å². The van der Waals surface area contributed by atoms with Gasteiger partial charge in [-0.3, -0.25) is 4.79 Å². The van der Waals surface area contributed by atoms with Gasteiger partial charge in [0.2, 0.25) is 5.91 Å². The number of carbonyl (C=O) groups excluding carboxylic acids is 3. The smallest absolute Gasteiger partial charge is 0.412 e. The molecule has 11 nitrogen and oxygen atoms in total. The summed E-state index contributed by atoms with van der Waals surface area (Å²) in [5.74, 6) is -2.41. The third-order valence-corrected chi connectivity index (χ3v) is 4.50. The van der Waals surface area contributed by atoms with E-state index in [1.807, 2.05) is 0 Å². The Morgan fingerprint density at radius 1 is 0.970 bits per heavy atom. The quantitative estimate of drug-likeness (QED) is 0.172. The molecule has 0 spiro atoms. The number of carbonyl (C=O) groups is 3. The second kappa shape index (κ2) is 12.4. The van der Waals surface area contributed by atoms with Gasteiger partial charge < -0.3 is 53.6 Å². The molecule has 0 bridgehead atoms. The monoisotopic (exact) mass is 482 g/mol. The highest BCUT2D eigenvalue weighted by atomic mass is 35.5. The summed E-state index contributed by atoms with van der Waals surface area (Å²) in [5, 5.41) is 33.7. The van der Waals surface area contributed by atoms with Gasteiger partial charge in [-0.15, -0.1) is 0 Å². The van der Waals surface area contributed by atoms with E-state index in [1.165, 1.54) is 50.6 Å². The summed E-state index contributed by atoms with van der Waals surface area (Å²) >= 11 is 0. The Morgan fingerprint density at radius 2 is 1.58 bits per heavy atom. The Balaban J connectivity index is 0.00000544. The molecule has 33 heavy (non-hydrogen) atoms. The van der Waals surface area contributed by atoms with Crippen molar-refractivity contribution in [2.75, 3.05) is 14.2 Å². The predicted molar refractivity (Wildman–Crippen MR) is 112 cm³/mol. The van der Waals surface area contributed by atoms with Crippen LogP contribution >= 0.6 is 0 Å². The topological polar surface area (TPSA) is 180 Å². The summed E-state index contributed by atoms with van der Waals surface area (Å²) < 4.78 is 9.62. The van der Waals surface area contributed by atoms with Crippen LogP contribution in [0.1, 0.15) is 11.1 Å². The molecule has 0 aromatic heterocycles. The number of nitrogens with one attached hydrogen (secondary N) is 2. The molecule has 2 aromatic carbocycles. The fourth-order valence-corrected chi connectivity index (χ4v) is 2.82. The number of amides is 2. The fraction of sp³-hybridized carbons (Fsp3) is 0.286. The molecule has 2 rings (SSSR count). The van der Waals surface area contributed by atoms with Gasteiger partial charge in [0.05, 0.1) is 13.2 Å². The Labute approximate surface area is 195 Å². The summed E-state index contributed by atoms with van der Waals surface area (Å²) in [4.78, 5) is 36.0. The van der Waals surface area contributed by atoms with Crippen LogP contribution in [0.15, 0.2) is 36.4 Å². The lowest BCUT2D eigenvalue weighted by atomic mass is 10.0. The maximum atomic E-state index is 12.5. The largest absolute Gasteiger partial charge is 1.00 e. The van der Waals surface area contributed by atoms with Gasteiger partial charge in [0.15, 0.2) is 23.0 Å². The molecule has 7 N–H and O–H groups in total. The molecule has 0 aliphatic rings. The van der Waals surface area contributed by atoms with Crippen LogP contribution in [-0.4, -0.2) is 59.5 Å². The first kappa shape index (κ1) is 27.3. The van der Waals surface area contributed by atoms with E-state index in [9.17, 15) is 29.7 Å². The maximum Gasteiger partial charge on any atom is 0.412 e. The average Bonchev–Trinajstić information content (AvgIpc) is 2.76. The number of rotatable bonds is 8. The summed E-state index contributed by atoms with van der Waals surface area (Å²) in [5.41, 5.74) is 6.89. The van der Waals surface area contributed by atoms with Gasteiger partial charge in [-0.1, -0.05) is 12.1 Å². The maximum absolute atomic E-state index is 12.5. The molecule has 12 heteroatoms. The summed E-state index contributed by atoms with van der Waals surface area (Å²) in [6, 6.07) is 6.06. The number of phenolic OH excluding ortho intramolecular Hbond substituents is 3. The van der Waals surface area contributed by atoms with Crippen LogP contribution in [0.3, 0.4) is 0 Å². The molecule has 2 atom stereocenters. The lowest BCUT2D eigenvalue weighted by Crippen LogP contribution is -3.00. The molecule has 0 saturated carbocycles. The van der Waals surface area contributed by atoms with Crippen LogP contribution in [0.2, 0.25) is 0 Å². The lowest BCUT2D eigenvalue weighted by molar-refractivity contribution is -0.145. The minimum absolute atomic E-state index is 0. The first-order valence-electron chi connectivity index (χ1n) is 9.50. The van der Waals surface area contributed by atoms with Gasteiger partial charge in [0.1, 0.15) is 6.04 Å². The van der Waals surface area contributed by atoms with E-state index in [4.69, 9.17) is 15.2 Å². The van der Waals surface area contributed by atoms with E-state index < -0.39 is 30.1 Å². The van der Waals surface area contributed by atoms with Crippen molar-refractivity contribution in [2.45, 2.75) is 24.9 Å². The Bertz CT molecular complexity index is 1000. The van der Waals surface area contributed by atoms with Crippen molar-refractivity contribution < 1.29 is 51.6 Å². The second-order valence-electron chi connectivity index (χ2n) is 6.86. The fourth-order valence-electron chi connectivity index (χ4n) is 2.82. The zero-order valence-corrected chi connectivity index (χ0v) is 18.6. The van der Waals surface area contributed by atoms with E-state index in [2.05, 4.69) is 10.6 Å². The molecule has 0 saturated heterocycles. The molecular formula is C21H25ClN3O8-. The molecule has 0 heterocycles. The number of methoxy groups -OCH3 is 1. The SMILES string of the molecule is CNC(=O)Oc1ccc(C[C@H](NC(=O)[C@H](N)Cc2ccc(O)c(O)c2)C(=O)OC)cc1O.[Cl-]. The van der Waals surface area contributed by atoms with E-state index >= 15 is 0 Å². The van der Waals surface area contributed by atoms with Crippen LogP contribution in [0.25, 0.3) is 0 Å². The van der Waals surface area contributed by atoms with Crippen molar-refractivity contribution in [1.82, 2.24) is 10.6 Å². The molecule has 2 aromatic rings. The zero-order chi connectivity index (χ0) is 23.8. The van der Waals surface area contributed by atoms with Gasteiger partial charge in [-0.2, -0.15) is 0 Å². The number of ether oxygens (including phenoxy) is 2. The van der Waals surface area contributed by atoms with E-state index in [-0.39, 0.29) is 48.2 Å². The van der Waals surface area contributed by atoms with Gasteiger partial charge in [0, 0.05) is 13.5 Å². The highest BCUT2D eigenvalue weighted by molar-refractivity contribution is 5.87. The minimum Gasteiger partial charge on any atom is -1.00 e. The highest BCUT2D eigenvalue weighted by Crippen LogP contribution is 2.28. The van der Waals surface area contributed by atoms with Gasteiger partial charge in [-0.05, 0) is 41.8 Å². The predicted octanol–water partition coefficient (Wildman–Crippen LogP) is -2.70. The van der Waals surface area contributed by atoms with Crippen LogP contribution in [-0.2, 0) is 27.2 Å². The summed E-state index contributed by atoms with van der Waals surface area (Å²) in [6.45, 7) is 0. The van der Waals surface area contributed by atoms with E-state index in [0.717, 1.165) is 0 Å². The van der Waals surface area contributed by atoms with Crippen molar-refractivity contribution in [3.63, 3.8) is 0 Å². The number of halogens is 1. The number of aromatic hydroxyl groups is 3. The van der Waals surface area contributed by atoms with Gasteiger partial charge >= 0.3 is 12.1 Å².